The Bertz CT molecular complexity index is 388. The first-order chi connectivity index (χ1) is 9.60. The number of benzene rings is 1. The van der Waals surface area contributed by atoms with Crippen molar-refractivity contribution in [3.63, 3.8) is 0 Å². The van der Waals surface area contributed by atoms with Gasteiger partial charge in [0.25, 0.3) is 0 Å². The maximum absolute atomic E-state index is 10.6. The molecule has 20 heavy (non-hydrogen) atoms. The smallest absolute Gasteiger partial charge is 0.119 e. The van der Waals surface area contributed by atoms with Crippen LogP contribution in [-0.2, 0) is 0 Å². The van der Waals surface area contributed by atoms with E-state index in [4.69, 9.17) is 4.74 Å². The quantitative estimate of drug-likeness (QED) is 0.853. The van der Waals surface area contributed by atoms with Gasteiger partial charge in [-0.2, -0.15) is 0 Å². The normalized spacial score (nSPS) is 28.1. The van der Waals surface area contributed by atoms with Crippen LogP contribution in [0.2, 0.25) is 0 Å². The molecular weight excluding hydrogens is 248 g/mol. The van der Waals surface area contributed by atoms with Gasteiger partial charge in [-0.3, -0.25) is 0 Å². The van der Waals surface area contributed by atoms with E-state index in [2.05, 4.69) is 20.8 Å². The molecule has 1 saturated carbocycles. The summed E-state index contributed by atoms with van der Waals surface area (Å²) in [6, 6.07) is 7.98. The molecule has 1 aliphatic carbocycles. The molecule has 0 amide bonds. The lowest BCUT2D eigenvalue weighted by molar-refractivity contribution is 0.0551. The number of hydrogen-bond acceptors (Lipinski definition) is 2. The standard InChI is InChI=1S/C18H28O2/c1-4-9-20-17-7-5-15(6-8-17)18(19)16-11-13(2)10-14(3)12-16/h5-8,13-14,16,18-19H,4,9-12H2,1-3H3. The van der Waals surface area contributed by atoms with E-state index in [1.165, 1.54) is 6.42 Å². The van der Waals surface area contributed by atoms with Crippen LogP contribution >= 0.6 is 0 Å². The van der Waals surface area contributed by atoms with Gasteiger partial charge in [0.15, 0.2) is 0 Å². The average Bonchev–Trinajstić information content (AvgIpc) is 2.44. The van der Waals surface area contributed by atoms with E-state index in [1.807, 2.05) is 24.3 Å². The topological polar surface area (TPSA) is 29.5 Å². The summed E-state index contributed by atoms with van der Waals surface area (Å²) in [7, 11) is 0. The molecule has 1 aromatic rings. The molecule has 0 spiro atoms. The maximum atomic E-state index is 10.6. The Hall–Kier alpha value is -1.02. The molecule has 0 bridgehead atoms. The SMILES string of the molecule is CCCOc1ccc(C(O)C2CC(C)CC(C)C2)cc1. The van der Waals surface area contributed by atoms with Gasteiger partial charge in [-0.25, -0.2) is 0 Å². The Kier molecular flexibility index (Phi) is 5.47. The molecule has 3 unspecified atom stereocenters. The lowest BCUT2D eigenvalue weighted by Crippen LogP contribution is -2.24. The van der Waals surface area contributed by atoms with Gasteiger partial charge in [0.1, 0.15) is 5.75 Å². The average molecular weight is 276 g/mol. The fourth-order valence-corrected chi connectivity index (χ4v) is 3.52. The van der Waals surface area contributed by atoms with Crippen molar-refractivity contribution in [2.24, 2.45) is 17.8 Å². The summed E-state index contributed by atoms with van der Waals surface area (Å²) in [5, 5.41) is 10.6. The van der Waals surface area contributed by atoms with Crippen molar-refractivity contribution in [3.8, 4) is 5.75 Å². The molecule has 2 nitrogen and oxygen atoms in total. The molecule has 0 saturated heterocycles. The molecule has 0 heterocycles. The minimum Gasteiger partial charge on any atom is -0.494 e. The van der Waals surface area contributed by atoms with E-state index in [1.54, 1.807) is 0 Å². The van der Waals surface area contributed by atoms with Gasteiger partial charge in [-0.15, -0.1) is 0 Å². The Balaban J connectivity index is 1.99. The highest BCUT2D eigenvalue weighted by molar-refractivity contribution is 5.28. The number of rotatable bonds is 5. The van der Waals surface area contributed by atoms with Gasteiger partial charge >= 0.3 is 0 Å². The summed E-state index contributed by atoms with van der Waals surface area (Å²) in [5.41, 5.74) is 1.03. The van der Waals surface area contributed by atoms with Crippen LogP contribution in [0.25, 0.3) is 0 Å². The van der Waals surface area contributed by atoms with Crippen LogP contribution in [0.5, 0.6) is 5.75 Å². The molecule has 112 valence electrons. The van der Waals surface area contributed by atoms with Crippen LogP contribution in [0.4, 0.5) is 0 Å². The zero-order chi connectivity index (χ0) is 14.5. The molecule has 1 fully saturated rings. The molecule has 0 radical (unpaired) electrons. The van der Waals surface area contributed by atoms with Crippen molar-refractivity contribution in [1.82, 2.24) is 0 Å². The number of hydrogen-bond donors (Lipinski definition) is 1. The zero-order valence-electron chi connectivity index (χ0n) is 13.0. The van der Waals surface area contributed by atoms with Gasteiger partial charge in [0, 0.05) is 0 Å². The van der Waals surface area contributed by atoms with Gasteiger partial charge in [-0.05, 0) is 61.1 Å². The van der Waals surface area contributed by atoms with E-state index in [9.17, 15) is 5.11 Å². The van der Waals surface area contributed by atoms with Gasteiger partial charge in [-0.1, -0.05) is 32.9 Å². The van der Waals surface area contributed by atoms with Crippen LogP contribution in [0.1, 0.15) is 58.1 Å². The van der Waals surface area contributed by atoms with Crippen LogP contribution < -0.4 is 4.74 Å². The number of aliphatic hydroxyl groups is 1. The summed E-state index contributed by atoms with van der Waals surface area (Å²) < 4.78 is 5.59. The predicted molar refractivity (Wildman–Crippen MR) is 82.9 cm³/mol. The fraction of sp³-hybridized carbons (Fsp3) is 0.667. The lowest BCUT2D eigenvalue weighted by atomic mass is 9.73. The Morgan fingerprint density at radius 3 is 2.25 bits per heavy atom. The third kappa shape index (κ3) is 3.99. The summed E-state index contributed by atoms with van der Waals surface area (Å²) in [6.45, 7) is 7.46. The first kappa shape index (κ1) is 15.4. The Labute approximate surface area is 123 Å². The number of aliphatic hydroxyl groups excluding tert-OH is 1. The molecule has 3 atom stereocenters. The van der Waals surface area contributed by atoms with Crippen molar-refractivity contribution in [3.05, 3.63) is 29.8 Å². The van der Waals surface area contributed by atoms with Crippen molar-refractivity contribution >= 4 is 0 Å². The van der Waals surface area contributed by atoms with Crippen LogP contribution in [0.3, 0.4) is 0 Å². The molecule has 1 aliphatic rings. The minimum atomic E-state index is -0.333. The Morgan fingerprint density at radius 2 is 1.70 bits per heavy atom. The molecule has 2 rings (SSSR count). The molecular formula is C18H28O2. The van der Waals surface area contributed by atoms with Gasteiger partial charge < -0.3 is 9.84 Å². The van der Waals surface area contributed by atoms with Gasteiger partial charge in [0.2, 0.25) is 0 Å². The second kappa shape index (κ2) is 7.12. The monoisotopic (exact) mass is 276 g/mol. The Morgan fingerprint density at radius 1 is 1.10 bits per heavy atom. The lowest BCUT2D eigenvalue weighted by Gasteiger charge is -2.34. The van der Waals surface area contributed by atoms with Gasteiger partial charge in [0.05, 0.1) is 12.7 Å². The molecule has 0 aromatic heterocycles. The largest absolute Gasteiger partial charge is 0.494 e. The van der Waals surface area contributed by atoms with Crippen LogP contribution in [0, 0.1) is 17.8 Å². The third-order valence-corrected chi connectivity index (χ3v) is 4.36. The minimum absolute atomic E-state index is 0.333. The highest BCUT2D eigenvalue weighted by Gasteiger charge is 2.29. The van der Waals surface area contributed by atoms with Crippen LogP contribution in [-0.4, -0.2) is 11.7 Å². The molecule has 1 aromatic carbocycles. The first-order valence-corrected chi connectivity index (χ1v) is 8.01. The molecule has 1 N–H and O–H groups in total. The first-order valence-electron chi connectivity index (χ1n) is 8.01. The highest BCUT2D eigenvalue weighted by atomic mass is 16.5. The van der Waals surface area contributed by atoms with E-state index in [-0.39, 0.29) is 6.10 Å². The predicted octanol–water partition coefficient (Wildman–Crippen LogP) is 4.58. The fourth-order valence-electron chi connectivity index (χ4n) is 3.52. The third-order valence-electron chi connectivity index (χ3n) is 4.36. The van der Waals surface area contributed by atoms with Crippen molar-refractivity contribution in [2.45, 2.75) is 52.6 Å². The maximum Gasteiger partial charge on any atom is 0.119 e. The molecule has 0 aliphatic heterocycles. The second-order valence-corrected chi connectivity index (χ2v) is 6.54. The van der Waals surface area contributed by atoms with Crippen molar-refractivity contribution in [2.75, 3.05) is 6.61 Å². The van der Waals surface area contributed by atoms with E-state index in [0.717, 1.165) is 49.0 Å². The van der Waals surface area contributed by atoms with E-state index >= 15 is 0 Å². The highest BCUT2D eigenvalue weighted by Crippen LogP contribution is 2.39. The van der Waals surface area contributed by atoms with Crippen molar-refractivity contribution < 1.29 is 9.84 Å². The molecule has 2 heteroatoms. The summed E-state index contributed by atoms with van der Waals surface area (Å²) in [6.07, 6.45) is 4.26. The van der Waals surface area contributed by atoms with E-state index in [0.29, 0.717) is 5.92 Å². The summed E-state index contributed by atoms with van der Waals surface area (Å²) in [4.78, 5) is 0. The number of ether oxygens (including phenoxy) is 1. The van der Waals surface area contributed by atoms with Crippen LogP contribution in [0.15, 0.2) is 24.3 Å². The second-order valence-electron chi connectivity index (χ2n) is 6.54. The summed E-state index contributed by atoms with van der Waals surface area (Å²) in [5.74, 6) is 2.75. The van der Waals surface area contributed by atoms with Crippen molar-refractivity contribution in [1.29, 1.82) is 0 Å². The zero-order valence-corrected chi connectivity index (χ0v) is 13.0. The summed E-state index contributed by atoms with van der Waals surface area (Å²) >= 11 is 0. The van der Waals surface area contributed by atoms with E-state index < -0.39 is 0 Å².